The first-order chi connectivity index (χ1) is 27.2. The van der Waals surface area contributed by atoms with Gasteiger partial charge in [0.05, 0.1) is 22.7 Å². The van der Waals surface area contributed by atoms with E-state index in [1.807, 2.05) is 18.2 Å². The average molecular weight is 697 g/mol. The molecular formula is C53H32N2. The molecule has 0 fully saturated rings. The molecule has 11 aromatic rings. The highest BCUT2D eigenvalue weighted by Crippen LogP contribution is 2.45. The van der Waals surface area contributed by atoms with Gasteiger partial charge in [-0.2, -0.15) is 5.26 Å². The number of hydrogen-bond acceptors (Lipinski definition) is 1. The number of para-hydroxylation sites is 1. The zero-order chi connectivity index (χ0) is 36.5. The Bertz CT molecular complexity index is 3370. The van der Waals surface area contributed by atoms with E-state index in [4.69, 9.17) is 0 Å². The van der Waals surface area contributed by atoms with Crippen LogP contribution in [-0.2, 0) is 0 Å². The third-order valence-corrected chi connectivity index (χ3v) is 11.4. The van der Waals surface area contributed by atoms with E-state index in [0.717, 1.165) is 33.1 Å². The van der Waals surface area contributed by atoms with E-state index < -0.39 is 0 Å². The predicted molar refractivity (Wildman–Crippen MR) is 232 cm³/mol. The molecule has 1 aromatic heterocycles. The Morgan fingerprint density at radius 1 is 0.309 bits per heavy atom. The van der Waals surface area contributed by atoms with Gasteiger partial charge in [0.25, 0.3) is 0 Å². The highest BCUT2D eigenvalue weighted by molar-refractivity contribution is 6.25. The topological polar surface area (TPSA) is 28.7 Å². The van der Waals surface area contributed by atoms with Crippen molar-refractivity contribution < 1.29 is 0 Å². The summed E-state index contributed by atoms with van der Waals surface area (Å²) in [5.74, 6) is 0. The summed E-state index contributed by atoms with van der Waals surface area (Å²) in [5.41, 5.74) is 11.2. The molecule has 2 nitrogen and oxygen atoms in total. The van der Waals surface area contributed by atoms with E-state index in [9.17, 15) is 5.26 Å². The van der Waals surface area contributed by atoms with Crippen molar-refractivity contribution in [3.8, 4) is 45.1 Å². The molecule has 1 heterocycles. The first kappa shape index (κ1) is 31.1. The molecular weight excluding hydrogens is 665 g/mol. The molecule has 0 saturated heterocycles. The molecule has 10 aromatic carbocycles. The third kappa shape index (κ3) is 4.81. The van der Waals surface area contributed by atoms with Gasteiger partial charge >= 0.3 is 0 Å². The molecule has 0 amide bonds. The van der Waals surface area contributed by atoms with Crippen molar-refractivity contribution in [1.82, 2.24) is 4.57 Å². The molecule has 0 atom stereocenters. The zero-order valence-corrected chi connectivity index (χ0v) is 29.9. The van der Waals surface area contributed by atoms with Crippen molar-refractivity contribution in [3.05, 3.63) is 200 Å². The van der Waals surface area contributed by atoms with Gasteiger partial charge in [-0.05, 0) is 131 Å². The quantitative estimate of drug-likeness (QED) is 0.168. The molecule has 0 spiro atoms. The average Bonchev–Trinajstić information content (AvgIpc) is 3.59. The SMILES string of the molecule is N#Cc1ccc2c(c1)c1cc(-c3ccc(-c4cc5c6ccccc6c(-c6ccccc6)cc5c5ccccc45)c4ccccc34)ccc1n2-c1ccccc1. The minimum atomic E-state index is 0.659. The molecule has 0 N–H and O–H groups in total. The van der Waals surface area contributed by atoms with Gasteiger partial charge in [-0.25, -0.2) is 0 Å². The number of nitrogens with zero attached hydrogens (tertiary/aromatic N) is 2. The van der Waals surface area contributed by atoms with E-state index in [1.54, 1.807) is 0 Å². The fourth-order valence-electron chi connectivity index (χ4n) is 8.93. The lowest BCUT2D eigenvalue weighted by Gasteiger charge is -2.18. The zero-order valence-electron chi connectivity index (χ0n) is 29.9. The molecule has 0 aliphatic rings. The number of benzene rings is 10. The highest BCUT2D eigenvalue weighted by atomic mass is 15.0. The molecule has 11 rings (SSSR count). The number of hydrogen-bond donors (Lipinski definition) is 0. The van der Waals surface area contributed by atoms with Crippen LogP contribution in [0.25, 0.3) is 104 Å². The van der Waals surface area contributed by atoms with Crippen molar-refractivity contribution in [2.45, 2.75) is 0 Å². The van der Waals surface area contributed by atoms with Gasteiger partial charge in [-0.15, -0.1) is 0 Å². The first-order valence-corrected chi connectivity index (χ1v) is 18.7. The monoisotopic (exact) mass is 696 g/mol. The second kappa shape index (κ2) is 12.3. The Labute approximate surface area is 318 Å². The number of rotatable bonds is 4. The molecule has 0 aliphatic heterocycles. The second-order valence-electron chi connectivity index (χ2n) is 14.4. The van der Waals surface area contributed by atoms with E-state index in [0.29, 0.717) is 5.56 Å². The predicted octanol–water partition coefficient (Wildman–Crippen LogP) is 14.3. The van der Waals surface area contributed by atoms with Gasteiger partial charge in [0.15, 0.2) is 0 Å². The summed E-state index contributed by atoms with van der Waals surface area (Å²) in [4.78, 5) is 0. The van der Waals surface area contributed by atoms with Crippen LogP contribution in [-0.4, -0.2) is 4.57 Å². The van der Waals surface area contributed by atoms with Crippen LogP contribution in [0.5, 0.6) is 0 Å². The maximum Gasteiger partial charge on any atom is 0.0991 e. The normalized spacial score (nSPS) is 11.6. The van der Waals surface area contributed by atoms with Gasteiger partial charge in [0.1, 0.15) is 0 Å². The van der Waals surface area contributed by atoms with Crippen LogP contribution in [0.15, 0.2) is 194 Å². The minimum absolute atomic E-state index is 0.659. The fraction of sp³-hybridized carbons (Fsp3) is 0. The molecule has 0 radical (unpaired) electrons. The summed E-state index contributed by atoms with van der Waals surface area (Å²) >= 11 is 0. The highest BCUT2D eigenvalue weighted by Gasteiger charge is 2.18. The summed E-state index contributed by atoms with van der Waals surface area (Å²) in [6.45, 7) is 0. The standard InChI is InChI=1S/C53H32N2/c54-33-34-23-27-52-50(29-34)51-30-36(24-28-53(51)55(52)37-15-5-2-6-16-37)38-25-26-45(40-18-8-7-17-39(38)40)47-32-49-42-20-10-9-19-41(42)46(35-13-3-1-4-14-35)31-48(49)44-22-12-11-21-43(44)47/h1-32H. The molecule has 0 unspecified atom stereocenters. The van der Waals surface area contributed by atoms with Gasteiger partial charge in [0.2, 0.25) is 0 Å². The van der Waals surface area contributed by atoms with E-state index in [2.05, 4.69) is 187 Å². The van der Waals surface area contributed by atoms with Crippen molar-refractivity contribution in [2.24, 2.45) is 0 Å². The Morgan fingerprint density at radius 2 is 0.800 bits per heavy atom. The summed E-state index contributed by atoms with van der Waals surface area (Å²) in [7, 11) is 0. The molecule has 55 heavy (non-hydrogen) atoms. The summed E-state index contributed by atoms with van der Waals surface area (Å²) < 4.78 is 2.30. The number of fused-ring (bicyclic) bond motifs is 9. The lowest BCUT2D eigenvalue weighted by Crippen LogP contribution is -1.93. The maximum atomic E-state index is 9.84. The Balaban J connectivity index is 1.15. The van der Waals surface area contributed by atoms with Crippen LogP contribution in [0, 0.1) is 11.3 Å². The lowest BCUT2D eigenvalue weighted by molar-refractivity contribution is 1.18. The maximum absolute atomic E-state index is 9.84. The Morgan fingerprint density at radius 3 is 1.45 bits per heavy atom. The number of nitriles is 1. The van der Waals surface area contributed by atoms with Crippen molar-refractivity contribution in [2.75, 3.05) is 0 Å². The van der Waals surface area contributed by atoms with Crippen LogP contribution < -0.4 is 0 Å². The molecule has 254 valence electrons. The van der Waals surface area contributed by atoms with E-state index in [-0.39, 0.29) is 0 Å². The Kier molecular flexibility index (Phi) is 6.96. The van der Waals surface area contributed by atoms with Crippen LogP contribution in [0.1, 0.15) is 5.56 Å². The minimum Gasteiger partial charge on any atom is -0.309 e. The fourth-order valence-corrected chi connectivity index (χ4v) is 8.93. The Hall–Kier alpha value is -7.47. The van der Waals surface area contributed by atoms with Crippen molar-refractivity contribution in [3.63, 3.8) is 0 Å². The van der Waals surface area contributed by atoms with Gasteiger partial charge in [0, 0.05) is 16.5 Å². The summed E-state index contributed by atoms with van der Waals surface area (Å²) in [6.07, 6.45) is 0. The van der Waals surface area contributed by atoms with Gasteiger partial charge in [-0.1, -0.05) is 140 Å². The van der Waals surface area contributed by atoms with E-state index >= 15 is 0 Å². The summed E-state index contributed by atoms with van der Waals surface area (Å²) in [5, 5.41) is 22.0. The lowest BCUT2D eigenvalue weighted by atomic mass is 9.86. The van der Waals surface area contributed by atoms with Crippen LogP contribution >= 0.6 is 0 Å². The molecule has 0 aliphatic carbocycles. The van der Waals surface area contributed by atoms with Crippen LogP contribution in [0.4, 0.5) is 0 Å². The van der Waals surface area contributed by atoms with Crippen LogP contribution in [0.2, 0.25) is 0 Å². The smallest absolute Gasteiger partial charge is 0.0991 e. The van der Waals surface area contributed by atoms with Gasteiger partial charge in [-0.3, -0.25) is 0 Å². The van der Waals surface area contributed by atoms with Crippen molar-refractivity contribution >= 4 is 64.9 Å². The van der Waals surface area contributed by atoms with Crippen LogP contribution in [0.3, 0.4) is 0 Å². The largest absolute Gasteiger partial charge is 0.309 e. The molecule has 0 bridgehead atoms. The second-order valence-corrected chi connectivity index (χ2v) is 14.4. The first-order valence-electron chi connectivity index (χ1n) is 18.7. The number of aromatic nitrogens is 1. The molecule has 0 saturated carbocycles. The molecule has 2 heteroatoms. The third-order valence-electron chi connectivity index (χ3n) is 11.4. The van der Waals surface area contributed by atoms with Gasteiger partial charge < -0.3 is 4.57 Å². The van der Waals surface area contributed by atoms with E-state index in [1.165, 1.54) is 70.9 Å². The summed E-state index contributed by atoms with van der Waals surface area (Å²) in [6, 6.07) is 72.3. The van der Waals surface area contributed by atoms with Crippen molar-refractivity contribution in [1.29, 1.82) is 5.26 Å².